The molecule has 0 saturated carbocycles. The van der Waals surface area contributed by atoms with Gasteiger partial charge in [0, 0.05) is 39.4 Å². The predicted octanol–water partition coefficient (Wildman–Crippen LogP) is 4.99. The number of carbonyl (C=O) groups is 1. The van der Waals surface area contributed by atoms with Gasteiger partial charge < -0.3 is 9.66 Å². The molecule has 0 spiro atoms. The van der Waals surface area contributed by atoms with Crippen molar-refractivity contribution in [1.29, 1.82) is 0 Å². The van der Waals surface area contributed by atoms with Crippen LogP contribution in [0.4, 0.5) is 14.3 Å². The number of nitrogens with one attached hydrogen (secondary N) is 1. The largest absolute Gasteiger partial charge is 0.598 e. The molecule has 0 aliphatic carbocycles. The first-order chi connectivity index (χ1) is 13.3. The third-order valence-electron chi connectivity index (χ3n) is 4.11. The van der Waals surface area contributed by atoms with Gasteiger partial charge in [0.2, 0.25) is 0 Å². The molecule has 0 unspecified atom stereocenters. The fourth-order valence-electron chi connectivity index (χ4n) is 2.66. The van der Waals surface area contributed by atoms with Crippen LogP contribution in [0, 0.1) is 5.82 Å². The Morgan fingerprint density at radius 1 is 1.38 bits per heavy atom. The van der Waals surface area contributed by atoms with E-state index in [1.807, 2.05) is 13.8 Å². The lowest BCUT2D eigenvalue weighted by Gasteiger charge is -2.30. The summed E-state index contributed by atoms with van der Waals surface area (Å²) in [4.78, 5) is 17.7. The lowest BCUT2D eigenvalue weighted by molar-refractivity contribution is 0.195. The zero-order valence-electron chi connectivity index (χ0n) is 17.0. The average Bonchev–Trinajstić information content (AvgIpc) is 3.01. The smallest absolute Gasteiger partial charge is 0.414 e. The Balaban J connectivity index is 2.03. The second kappa shape index (κ2) is 9.18. The van der Waals surface area contributed by atoms with E-state index in [-0.39, 0.29) is 6.54 Å². The Kier molecular flexibility index (Phi) is 7.56. The Bertz CT molecular complexity index is 871. The van der Waals surface area contributed by atoms with Crippen molar-refractivity contribution in [3.8, 4) is 0 Å². The SMILES string of the molecule is CC(C)(C)N(C(=O)O)c1ncc(CN[S@@+]([O-])C(C)(C)Cc2ccc(F)cc2Cl)s1. The Hall–Kier alpha value is -1.39. The van der Waals surface area contributed by atoms with Gasteiger partial charge in [0.15, 0.2) is 5.13 Å². The molecule has 2 N–H and O–H groups in total. The van der Waals surface area contributed by atoms with Crippen LogP contribution in [0.15, 0.2) is 24.4 Å². The van der Waals surface area contributed by atoms with Gasteiger partial charge in [0.05, 0.1) is 6.54 Å². The van der Waals surface area contributed by atoms with Gasteiger partial charge in [-0.25, -0.2) is 19.1 Å². The highest BCUT2D eigenvalue weighted by Gasteiger charge is 2.34. The van der Waals surface area contributed by atoms with Gasteiger partial charge in [0.25, 0.3) is 0 Å². The molecule has 2 aromatic rings. The van der Waals surface area contributed by atoms with E-state index in [1.54, 1.807) is 33.0 Å². The van der Waals surface area contributed by atoms with Crippen LogP contribution in [0.5, 0.6) is 0 Å². The fourth-order valence-corrected chi connectivity index (χ4v) is 4.98. The zero-order valence-corrected chi connectivity index (χ0v) is 19.3. The van der Waals surface area contributed by atoms with Crippen LogP contribution in [0.2, 0.25) is 5.02 Å². The number of halogens is 2. The average molecular weight is 462 g/mol. The highest BCUT2D eigenvalue weighted by molar-refractivity contribution is 7.90. The minimum Gasteiger partial charge on any atom is -0.598 e. The highest BCUT2D eigenvalue weighted by atomic mass is 35.5. The normalized spacial score (nSPS) is 13.4. The molecular formula is C19H25ClFN3O3S2. The first-order valence-electron chi connectivity index (χ1n) is 8.88. The van der Waals surface area contributed by atoms with Crippen molar-refractivity contribution < 1.29 is 18.8 Å². The third kappa shape index (κ3) is 6.29. The zero-order chi connectivity index (χ0) is 22.0. The van der Waals surface area contributed by atoms with Gasteiger partial charge >= 0.3 is 6.09 Å². The third-order valence-corrected chi connectivity index (χ3v) is 6.99. The number of hydrogen-bond donors (Lipinski definition) is 2. The quantitative estimate of drug-likeness (QED) is 0.567. The van der Waals surface area contributed by atoms with Crippen LogP contribution in [0.1, 0.15) is 45.1 Å². The first kappa shape index (κ1) is 23.9. The molecule has 1 amide bonds. The van der Waals surface area contributed by atoms with E-state index in [1.165, 1.54) is 28.4 Å². The summed E-state index contributed by atoms with van der Waals surface area (Å²) in [6.07, 6.45) is 0.902. The minimum atomic E-state index is -1.43. The molecule has 0 saturated heterocycles. The summed E-state index contributed by atoms with van der Waals surface area (Å²) in [5.41, 5.74) is 0.0868. The van der Waals surface area contributed by atoms with Crippen LogP contribution in [0.3, 0.4) is 0 Å². The van der Waals surface area contributed by atoms with Crippen LogP contribution < -0.4 is 9.62 Å². The summed E-state index contributed by atoms with van der Waals surface area (Å²) in [5.74, 6) is -0.414. The van der Waals surface area contributed by atoms with Crippen molar-refractivity contribution in [2.24, 2.45) is 0 Å². The van der Waals surface area contributed by atoms with Gasteiger partial charge in [-0.1, -0.05) is 29.0 Å². The number of aromatic nitrogens is 1. The van der Waals surface area contributed by atoms with E-state index in [0.717, 1.165) is 10.4 Å². The van der Waals surface area contributed by atoms with Crippen molar-refractivity contribution in [3.05, 3.63) is 45.7 Å². The topological polar surface area (TPSA) is 88.5 Å². The van der Waals surface area contributed by atoms with Crippen molar-refractivity contribution >= 4 is 45.5 Å². The van der Waals surface area contributed by atoms with E-state index in [4.69, 9.17) is 11.6 Å². The standard InChI is InChI=1S/C19H25ClFN3O3S2/c1-18(2,3)24(17(25)26)16-22-10-14(28-16)11-23-29(27)19(4,5)9-12-6-7-13(21)8-15(12)20/h6-8,10,23H,9,11H2,1-5H3,(H,25,26)/t29-/m0/s1. The maximum atomic E-state index is 13.2. The number of benzene rings is 1. The van der Waals surface area contributed by atoms with Gasteiger partial charge in [-0.15, -0.1) is 4.72 Å². The molecule has 0 fully saturated rings. The Morgan fingerprint density at radius 3 is 2.59 bits per heavy atom. The molecule has 0 aliphatic rings. The number of hydrogen-bond acceptors (Lipinski definition) is 5. The number of carboxylic acid groups (broad SMARTS) is 1. The van der Waals surface area contributed by atoms with Crippen molar-refractivity contribution in [2.75, 3.05) is 4.90 Å². The molecular weight excluding hydrogens is 437 g/mol. The molecule has 0 bridgehead atoms. The van der Waals surface area contributed by atoms with E-state index in [0.29, 0.717) is 16.6 Å². The molecule has 29 heavy (non-hydrogen) atoms. The van der Waals surface area contributed by atoms with Gasteiger partial charge in [-0.3, -0.25) is 0 Å². The van der Waals surface area contributed by atoms with Crippen LogP contribution in [-0.2, 0) is 24.3 Å². The van der Waals surface area contributed by atoms with E-state index in [9.17, 15) is 18.8 Å². The van der Waals surface area contributed by atoms with E-state index in [2.05, 4.69) is 9.71 Å². The molecule has 2 rings (SSSR count). The second-order valence-corrected chi connectivity index (χ2v) is 11.6. The molecule has 1 atom stereocenters. The van der Waals surface area contributed by atoms with Crippen molar-refractivity contribution in [3.63, 3.8) is 0 Å². The Labute approximate surface area is 182 Å². The Morgan fingerprint density at radius 2 is 2.03 bits per heavy atom. The molecule has 160 valence electrons. The summed E-state index contributed by atoms with van der Waals surface area (Å²) in [6, 6.07) is 4.17. The monoisotopic (exact) mass is 461 g/mol. The molecule has 10 heteroatoms. The molecule has 1 heterocycles. The summed E-state index contributed by atoms with van der Waals surface area (Å²) in [5, 5.41) is 10.1. The number of nitrogens with zero attached hydrogens (tertiary/aromatic N) is 2. The molecule has 0 aliphatic heterocycles. The molecule has 1 aromatic carbocycles. The van der Waals surface area contributed by atoms with Crippen LogP contribution in [0.25, 0.3) is 0 Å². The van der Waals surface area contributed by atoms with Crippen molar-refractivity contribution in [2.45, 2.75) is 57.9 Å². The van der Waals surface area contributed by atoms with Gasteiger partial charge in [-0.2, -0.15) is 0 Å². The maximum absolute atomic E-state index is 13.2. The first-order valence-corrected chi connectivity index (χ1v) is 11.2. The number of anilines is 1. The highest BCUT2D eigenvalue weighted by Crippen LogP contribution is 2.30. The molecule has 6 nitrogen and oxygen atoms in total. The van der Waals surface area contributed by atoms with Crippen molar-refractivity contribution in [1.82, 2.24) is 9.71 Å². The summed E-state index contributed by atoms with van der Waals surface area (Å²) in [6.45, 7) is 9.32. The number of amides is 1. The molecule has 1 aromatic heterocycles. The summed E-state index contributed by atoms with van der Waals surface area (Å²) < 4.78 is 28.3. The van der Waals surface area contributed by atoms with Gasteiger partial charge in [-0.05, 0) is 52.3 Å². The maximum Gasteiger partial charge on any atom is 0.414 e. The minimum absolute atomic E-state index is 0.280. The van der Waals surface area contributed by atoms with Crippen LogP contribution in [-0.4, -0.2) is 31.0 Å². The van der Waals surface area contributed by atoms with E-state index < -0.39 is 33.6 Å². The second-order valence-electron chi connectivity index (χ2n) is 8.16. The molecule has 0 radical (unpaired) electrons. The van der Waals surface area contributed by atoms with Crippen LogP contribution >= 0.6 is 22.9 Å². The lowest BCUT2D eigenvalue weighted by Crippen LogP contribution is -2.45. The summed E-state index contributed by atoms with van der Waals surface area (Å²) >= 11 is 5.89. The van der Waals surface area contributed by atoms with E-state index >= 15 is 0 Å². The fraction of sp³-hybridized carbons (Fsp3) is 0.474. The predicted molar refractivity (Wildman–Crippen MR) is 117 cm³/mol. The number of thiazole rings is 1. The summed E-state index contributed by atoms with van der Waals surface area (Å²) in [7, 11) is 0. The van der Waals surface area contributed by atoms with Gasteiger partial charge in [0.1, 0.15) is 10.6 Å². The lowest BCUT2D eigenvalue weighted by atomic mass is 10.0. The number of rotatable bonds is 7.